The maximum atomic E-state index is 12.2. The van der Waals surface area contributed by atoms with E-state index < -0.39 is 16.9 Å². The molecule has 0 fully saturated rings. The Kier molecular flexibility index (Phi) is 4.34. The monoisotopic (exact) mass is 340 g/mol. The Balaban J connectivity index is 1.68. The van der Waals surface area contributed by atoms with Crippen LogP contribution >= 0.6 is 0 Å². The highest BCUT2D eigenvalue weighted by Crippen LogP contribution is 2.27. The standard InChI is InChI=1S/C17H16N4O4/c1-10-6-7-11(8-15(10)21(24)25)18-16(22)9-14-17(23)20-13-5-3-2-4-12(13)19-14/h2-8,14,19H,9H2,1H3,(H,18,22)(H,20,23). The Labute approximate surface area is 143 Å². The number of nitrogens with one attached hydrogen (secondary N) is 3. The molecule has 1 aliphatic heterocycles. The number of carbonyl (C=O) groups is 2. The van der Waals surface area contributed by atoms with Crippen LogP contribution in [0.25, 0.3) is 0 Å². The molecule has 0 radical (unpaired) electrons. The number of fused-ring (bicyclic) bond motifs is 1. The van der Waals surface area contributed by atoms with Crippen molar-refractivity contribution in [1.29, 1.82) is 0 Å². The van der Waals surface area contributed by atoms with Crippen molar-refractivity contribution in [2.75, 3.05) is 16.0 Å². The number of anilines is 3. The second-order valence-electron chi connectivity index (χ2n) is 5.74. The fraction of sp³-hybridized carbons (Fsp3) is 0.176. The molecule has 2 aromatic carbocycles. The average Bonchev–Trinajstić information content (AvgIpc) is 2.57. The zero-order valence-electron chi connectivity index (χ0n) is 13.4. The van der Waals surface area contributed by atoms with Gasteiger partial charge in [0.15, 0.2) is 0 Å². The molecule has 0 bridgehead atoms. The first-order chi connectivity index (χ1) is 11.9. The van der Waals surface area contributed by atoms with Gasteiger partial charge in [0.1, 0.15) is 6.04 Å². The van der Waals surface area contributed by atoms with Crippen molar-refractivity contribution in [2.24, 2.45) is 0 Å². The number of nitrogens with zero attached hydrogens (tertiary/aromatic N) is 1. The van der Waals surface area contributed by atoms with Crippen LogP contribution in [0.1, 0.15) is 12.0 Å². The summed E-state index contributed by atoms with van der Waals surface area (Å²) in [6, 6.07) is 10.9. The molecule has 0 saturated carbocycles. The molecule has 128 valence electrons. The van der Waals surface area contributed by atoms with E-state index >= 15 is 0 Å². The zero-order valence-corrected chi connectivity index (χ0v) is 13.4. The predicted molar refractivity (Wildman–Crippen MR) is 93.6 cm³/mol. The maximum absolute atomic E-state index is 12.2. The van der Waals surface area contributed by atoms with Gasteiger partial charge in [-0.15, -0.1) is 0 Å². The highest BCUT2D eigenvalue weighted by atomic mass is 16.6. The molecule has 1 unspecified atom stereocenters. The van der Waals surface area contributed by atoms with Crippen molar-refractivity contribution < 1.29 is 14.5 Å². The summed E-state index contributed by atoms with van der Waals surface area (Å²) in [7, 11) is 0. The van der Waals surface area contributed by atoms with Crippen molar-refractivity contribution in [3.63, 3.8) is 0 Å². The van der Waals surface area contributed by atoms with Crippen LogP contribution in [0.3, 0.4) is 0 Å². The lowest BCUT2D eigenvalue weighted by molar-refractivity contribution is -0.385. The van der Waals surface area contributed by atoms with E-state index in [1.807, 2.05) is 12.1 Å². The van der Waals surface area contributed by atoms with E-state index in [1.54, 1.807) is 31.2 Å². The van der Waals surface area contributed by atoms with Gasteiger partial charge >= 0.3 is 0 Å². The van der Waals surface area contributed by atoms with E-state index in [9.17, 15) is 19.7 Å². The first-order valence-electron chi connectivity index (χ1n) is 7.65. The van der Waals surface area contributed by atoms with E-state index in [1.165, 1.54) is 6.07 Å². The second kappa shape index (κ2) is 6.60. The molecule has 0 saturated heterocycles. The number of aryl methyl sites for hydroxylation is 1. The van der Waals surface area contributed by atoms with E-state index in [0.717, 1.165) is 5.69 Å². The number of benzene rings is 2. The van der Waals surface area contributed by atoms with Gasteiger partial charge in [0, 0.05) is 17.3 Å². The van der Waals surface area contributed by atoms with Gasteiger partial charge in [-0.1, -0.05) is 18.2 Å². The van der Waals surface area contributed by atoms with Crippen molar-refractivity contribution in [1.82, 2.24) is 0 Å². The molecular weight excluding hydrogens is 324 g/mol. The quantitative estimate of drug-likeness (QED) is 0.585. The van der Waals surface area contributed by atoms with Crippen LogP contribution < -0.4 is 16.0 Å². The van der Waals surface area contributed by atoms with Crippen LogP contribution in [0.4, 0.5) is 22.7 Å². The Bertz CT molecular complexity index is 865. The number of para-hydroxylation sites is 2. The van der Waals surface area contributed by atoms with Gasteiger partial charge < -0.3 is 16.0 Å². The molecular formula is C17H16N4O4. The van der Waals surface area contributed by atoms with Crippen molar-refractivity contribution in [3.05, 3.63) is 58.1 Å². The minimum Gasteiger partial charge on any atom is -0.372 e. The highest BCUT2D eigenvalue weighted by Gasteiger charge is 2.27. The van der Waals surface area contributed by atoms with Crippen LogP contribution in [-0.2, 0) is 9.59 Å². The lowest BCUT2D eigenvalue weighted by Gasteiger charge is -2.26. The normalized spacial score (nSPS) is 15.6. The largest absolute Gasteiger partial charge is 0.372 e. The summed E-state index contributed by atoms with van der Waals surface area (Å²) in [5.74, 6) is -0.714. The van der Waals surface area contributed by atoms with Gasteiger partial charge in [0.25, 0.3) is 5.69 Å². The van der Waals surface area contributed by atoms with Gasteiger partial charge in [-0.2, -0.15) is 0 Å². The lowest BCUT2D eigenvalue weighted by Crippen LogP contribution is -2.41. The smallest absolute Gasteiger partial charge is 0.274 e. The topological polar surface area (TPSA) is 113 Å². The number of hydrogen-bond donors (Lipinski definition) is 3. The summed E-state index contributed by atoms with van der Waals surface area (Å²) in [6.45, 7) is 1.62. The summed E-state index contributed by atoms with van der Waals surface area (Å²) >= 11 is 0. The number of hydrogen-bond acceptors (Lipinski definition) is 5. The first kappa shape index (κ1) is 16.4. The molecule has 8 nitrogen and oxygen atoms in total. The number of amides is 2. The molecule has 2 aromatic rings. The van der Waals surface area contributed by atoms with Gasteiger partial charge in [-0.3, -0.25) is 19.7 Å². The summed E-state index contributed by atoms with van der Waals surface area (Å²) < 4.78 is 0. The average molecular weight is 340 g/mol. The molecule has 3 rings (SSSR count). The summed E-state index contributed by atoms with van der Waals surface area (Å²) in [6.07, 6.45) is -0.0954. The molecule has 0 spiro atoms. The SMILES string of the molecule is Cc1ccc(NC(=O)CC2Nc3ccccc3NC2=O)cc1[N+](=O)[O-]. The molecule has 1 heterocycles. The van der Waals surface area contributed by atoms with Crippen LogP contribution in [0.2, 0.25) is 0 Å². The van der Waals surface area contributed by atoms with Crippen molar-refractivity contribution in [2.45, 2.75) is 19.4 Å². The third-order valence-electron chi connectivity index (χ3n) is 3.91. The Hall–Kier alpha value is -3.42. The van der Waals surface area contributed by atoms with Gasteiger partial charge in [0.05, 0.1) is 22.7 Å². The van der Waals surface area contributed by atoms with Crippen molar-refractivity contribution >= 4 is 34.6 Å². The molecule has 8 heteroatoms. The van der Waals surface area contributed by atoms with Gasteiger partial charge in [-0.25, -0.2) is 0 Å². The van der Waals surface area contributed by atoms with Crippen LogP contribution in [0.15, 0.2) is 42.5 Å². The summed E-state index contributed by atoms with van der Waals surface area (Å²) in [5.41, 5.74) is 2.16. The summed E-state index contributed by atoms with van der Waals surface area (Å²) in [4.78, 5) is 34.8. The van der Waals surface area contributed by atoms with E-state index in [-0.39, 0.29) is 18.0 Å². The predicted octanol–water partition coefficient (Wildman–Crippen LogP) is 2.66. The molecule has 0 aromatic heterocycles. The molecule has 3 N–H and O–H groups in total. The van der Waals surface area contributed by atoms with E-state index in [0.29, 0.717) is 16.9 Å². The first-order valence-corrected chi connectivity index (χ1v) is 7.65. The molecule has 2 amide bonds. The lowest BCUT2D eigenvalue weighted by atomic mass is 10.1. The van der Waals surface area contributed by atoms with E-state index in [4.69, 9.17) is 0 Å². The van der Waals surface area contributed by atoms with Crippen LogP contribution in [0, 0.1) is 17.0 Å². The van der Waals surface area contributed by atoms with Crippen LogP contribution in [0.5, 0.6) is 0 Å². The maximum Gasteiger partial charge on any atom is 0.274 e. The third-order valence-corrected chi connectivity index (χ3v) is 3.91. The summed E-state index contributed by atoms with van der Waals surface area (Å²) in [5, 5.41) is 19.3. The number of nitro groups is 1. The molecule has 25 heavy (non-hydrogen) atoms. The molecule has 1 atom stereocenters. The van der Waals surface area contributed by atoms with Gasteiger partial charge in [0.2, 0.25) is 11.8 Å². The Morgan fingerprint density at radius 2 is 1.96 bits per heavy atom. The Morgan fingerprint density at radius 1 is 1.24 bits per heavy atom. The minimum atomic E-state index is -0.713. The fourth-order valence-corrected chi connectivity index (χ4v) is 2.62. The molecule has 0 aliphatic carbocycles. The van der Waals surface area contributed by atoms with E-state index in [2.05, 4.69) is 16.0 Å². The van der Waals surface area contributed by atoms with Gasteiger partial charge in [-0.05, 0) is 25.1 Å². The van der Waals surface area contributed by atoms with Crippen LogP contribution in [-0.4, -0.2) is 22.8 Å². The second-order valence-corrected chi connectivity index (χ2v) is 5.74. The number of carbonyl (C=O) groups excluding carboxylic acids is 2. The number of rotatable bonds is 4. The number of nitro benzene ring substituents is 1. The highest BCUT2D eigenvalue weighted by molar-refractivity contribution is 6.06. The Morgan fingerprint density at radius 3 is 2.68 bits per heavy atom. The fourth-order valence-electron chi connectivity index (χ4n) is 2.62. The molecule has 1 aliphatic rings. The zero-order chi connectivity index (χ0) is 18.0. The minimum absolute atomic E-state index is 0.0692. The third kappa shape index (κ3) is 3.57. The van der Waals surface area contributed by atoms with Crippen molar-refractivity contribution in [3.8, 4) is 0 Å².